The lowest BCUT2D eigenvalue weighted by Crippen LogP contribution is -2.38. The molecular formula is C24H19F3N4O5. The van der Waals surface area contributed by atoms with Crippen molar-refractivity contribution in [2.24, 2.45) is 0 Å². The molecule has 1 aliphatic rings. The van der Waals surface area contributed by atoms with E-state index >= 15 is 0 Å². The summed E-state index contributed by atoms with van der Waals surface area (Å²) in [4.78, 5) is 16.3. The molecule has 2 aromatic carbocycles. The monoisotopic (exact) mass is 500 g/mol. The van der Waals surface area contributed by atoms with Gasteiger partial charge in [-0.15, -0.1) is 0 Å². The van der Waals surface area contributed by atoms with Crippen molar-refractivity contribution in [2.75, 3.05) is 13.2 Å². The van der Waals surface area contributed by atoms with E-state index in [1.54, 1.807) is 18.2 Å². The van der Waals surface area contributed by atoms with Crippen LogP contribution in [0.3, 0.4) is 0 Å². The average Bonchev–Trinajstić information content (AvgIpc) is 3.64. The summed E-state index contributed by atoms with van der Waals surface area (Å²) < 4.78 is 57.0. The fourth-order valence-corrected chi connectivity index (χ4v) is 3.82. The first-order valence-corrected chi connectivity index (χ1v) is 10.9. The largest absolute Gasteiger partial charge is 0.422 e. The second kappa shape index (κ2) is 9.55. The van der Waals surface area contributed by atoms with Gasteiger partial charge in [0.15, 0.2) is 6.10 Å². The topological polar surface area (TPSA) is 124 Å². The minimum atomic E-state index is -4.79. The molecule has 1 saturated heterocycles. The Morgan fingerprint density at radius 1 is 1.03 bits per heavy atom. The normalized spacial score (nSPS) is 16.7. The van der Waals surface area contributed by atoms with Crippen LogP contribution in [-0.4, -0.2) is 45.6 Å². The Labute approximate surface area is 201 Å². The van der Waals surface area contributed by atoms with E-state index in [1.165, 1.54) is 36.4 Å². The third-order valence-electron chi connectivity index (χ3n) is 5.65. The van der Waals surface area contributed by atoms with Crippen LogP contribution in [0.2, 0.25) is 0 Å². The molecule has 3 heterocycles. The molecule has 0 saturated carbocycles. The van der Waals surface area contributed by atoms with Gasteiger partial charge in [-0.3, -0.25) is 4.79 Å². The van der Waals surface area contributed by atoms with Gasteiger partial charge >= 0.3 is 6.18 Å². The number of ether oxygens (including phenoxy) is 1. The Hall–Kier alpha value is -4.03. The first-order valence-electron chi connectivity index (χ1n) is 10.9. The molecule has 2 atom stereocenters. The van der Waals surface area contributed by atoms with Crippen molar-refractivity contribution in [3.63, 3.8) is 0 Å². The van der Waals surface area contributed by atoms with E-state index < -0.39 is 41.1 Å². The fourth-order valence-electron chi connectivity index (χ4n) is 3.82. The number of halogens is 3. The number of aliphatic hydroxyl groups is 1. The molecule has 36 heavy (non-hydrogen) atoms. The molecule has 0 aliphatic carbocycles. The van der Waals surface area contributed by atoms with Crippen LogP contribution in [0.15, 0.2) is 63.6 Å². The number of aliphatic hydroxyl groups excluding tert-OH is 1. The Kier molecular flexibility index (Phi) is 6.29. The lowest BCUT2D eigenvalue weighted by Gasteiger charge is -2.15. The van der Waals surface area contributed by atoms with E-state index in [4.69, 9.17) is 13.8 Å². The summed E-state index contributed by atoms with van der Waals surface area (Å²) in [5, 5.41) is 20.4. The molecule has 186 valence electrons. The molecule has 1 unspecified atom stereocenters. The van der Waals surface area contributed by atoms with E-state index in [9.17, 15) is 23.1 Å². The maximum absolute atomic E-state index is 13.9. The summed E-state index contributed by atoms with van der Waals surface area (Å²) in [6, 6.07) is 13.7. The van der Waals surface area contributed by atoms with Crippen molar-refractivity contribution in [3.05, 3.63) is 65.7 Å². The summed E-state index contributed by atoms with van der Waals surface area (Å²) in [5.74, 6) is -1.75. The zero-order valence-electron chi connectivity index (χ0n) is 18.5. The van der Waals surface area contributed by atoms with E-state index in [0.29, 0.717) is 30.8 Å². The van der Waals surface area contributed by atoms with E-state index in [1.807, 2.05) is 0 Å². The van der Waals surface area contributed by atoms with Gasteiger partial charge in [0.1, 0.15) is 11.3 Å². The molecule has 1 amide bonds. The van der Waals surface area contributed by atoms with Gasteiger partial charge in [0.05, 0.1) is 12.6 Å². The first kappa shape index (κ1) is 23.7. The van der Waals surface area contributed by atoms with Crippen LogP contribution in [0, 0.1) is 0 Å². The molecule has 9 nitrogen and oxygen atoms in total. The molecule has 2 aromatic heterocycles. The van der Waals surface area contributed by atoms with Crippen LogP contribution in [0.25, 0.3) is 34.3 Å². The number of nitrogens with one attached hydrogen (secondary N) is 1. The van der Waals surface area contributed by atoms with E-state index in [-0.39, 0.29) is 17.4 Å². The Morgan fingerprint density at radius 2 is 1.78 bits per heavy atom. The number of nitrogens with zero attached hydrogens (tertiary/aromatic N) is 3. The van der Waals surface area contributed by atoms with Gasteiger partial charge in [-0.2, -0.15) is 18.2 Å². The molecule has 4 aromatic rings. The zero-order chi connectivity index (χ0) is 25.3. The predicted molar refractivity (Wildman–Crippen MR) is 118 cm³/mol. The van der Waals surface area contributed by atoms with Crippen LogP contribution in [0.1, 0.15) is 23.7 Å². The predicted octanol–water partition coefficient (Wildman–Crippen LogP) is 4.02. The van der Waals surface area contributed by atoms with Gasteiger partial charge < -0.3 is 24.2 Å². The summed E-state index contributed by atoms with van der Waals surface area (Å²) in [6.45, 7) is 0.945. The van der Waals surface area contributed by atoms with Gasteiger partial charge in [0.2, 0.25) is 11.6 Å². The molecule has 0 radical (unpaired) electrons. The molecule has 0 spiro atoms. The van der Waals surface area contributed by atoms with Gasteiger partial charge in [0, 0.05) is 17.7 Å². The second-order valence-corrected chi connectivity index (χ2v) is 8.12. The minimum Gasteiger partial charge on any atom is -0.379 e. The number of hydrogen-bond donors (Lipinski definition) is 2. The quantitative estimate of drug-likeness (QED) is 0.407. The number of carbonyl (C=O) groups is 1. The molecule has 1 aliphatic heterocycles. The number of alkyl halides is 3. The van der Waals surface area contributed by atoms with E-state index in [2.05, 4.69) is 20.6 Å². The summed E-state index contributed by atoms with van der Waals surface area (Å²) in [5.41, 5.74) is -0.583. The standard InChI is InChI=1S/C24H19F3N4O5/c25-24(26,27)17-18(13-4-2-1-3-5-13)30-35-20(17)23-29-21(31-36-23)15-8-6-14(7-9-15)19(32)22(33)28-16-10-11-34-12-16/h1-9,16,19,32H,10-12H2,(H,28,33)/t16?,19-/m0/s1. The highest BCUT2D eigenvalue weighted by Gasteiger charge is 2.43. The van der Waals surface area contributed by atoms with Gasteiger partial charge in [-0.1, -0.05) is 64.9 Å². The first-order chi connectivity index (χ1) is 17.3. The van der Waals surface area contributed by atoms with Gasteiger partial charge in [-0.25, -0.2) is 0 Å². The van der Waals surface area contributed by atoms with Crippen molar-refractivity contribution >= 4 is 5.91 Å². The molecular weight excluding hydrogens is 481 g/mol. The van der Waals surface area contributed by atoms with Crippen LogP contribution < -0.4 is 5.32 Å². The number of carbonyl (C=O) groups excluding carboxylic acids is 1. The van der Waals surface area contributed by atoms with Crippen LogP contribution in [0.4, 0.5) is 13.2 Å². The van der Waals surface area contributed by atoms with Crippen molar-refractivity contribution in [1.82, 2.24) is 20.6 Å². The van der Waals surface area contributed by atoms with Gasteiger partial charge in [0.25, 0.3) is 11.8 Å². The lowest BCUT2D eigenvalue weighted by molar-refractivity contribution is -0.137. The van der Waals surface area contributed by atoms with Crippen LogP contribution in [0.5, 0.6) is 0 Å². The second-order valence-electron chi connectivity index (χ2n) is 8.12. The highest BCUT2D eigenvalue weighted by Crippen LogP contribution is 2.43. The lowest BCUT2D eigenvalue weighted by atomic mass is 10.1. The summed E-state index contributed by atoms with van der Waals surface area (Å²) in [7, 11) is 0. The Morgan fingerprint density at radius 3 is 2.44 bits per heavy atom. The van der Waals surface area contributed by atoms with Gasteiger partial charge in [-0.05, 0) is 12.0 Å². The highest BCUT2D eigenvalue weighted by atomic mass is 19.4. The zero-order valence-corrected chi connectivity index (χ0v) is 18.5. The fraction of sp³-hybridized carbons (Fsp3) is 0.250. The third-order valence-corrected chi connectivity index (χ3v) is 5.65. The molecule has 1 fully saturated rings. The summed E-state index contributed by atoms with van der Waals surface area (Å²) >= 11 is 0. The molecule has 5 rings (SSSR count). The smallest absolute Gasteiger partial charge is 0.379 e. The van der Waals surface area contributed by atoms with Crippen molar-refractivity contribution in [1.29, 1.82) is 0 Å². The van der Waals surface area contributed by atoms with Crippen LogP contribution in [-0.2, 0) is 15.7 Å². The van der Waals surface area contributed by atoms with Crippen molar-refractivity contribution in [3.8, 4) is 34.3 Å². The van der Waals surface area contributed by atoms with E-state index in [0.717, 1.165) is 0 Å². The molecule has 12 heteroatoms. The molecule has 0 bridgehead atoms. The van der Waals surface area contributed by atoms with Crippen LogP contribution >= 0.6 is 0 Å². The molecule has 2 N–H and O–H groups in total. The summed E-state index contributed by atoms with van der Waals surface area (Å²) in [6.07, 6.45) is -5.52. The number of rotatable bonds is 6. The van der Waals surface area contributed by atoms with Crippen molar-refractivity contribution < 1.29 is 36.9 Å². The maximum Gasteiger partial charge on any atom is 0.422 e. The number of hydrogen-bond acceptors (Lipinski definition) is 8. The Balaban J connectivity index is 1.38. The average molecular weight is 500 g/mol. The maximum atomic E-state index is 13.9. The minimum absolute atomic E-state index is 0.00983. The highest BCUT2D eigenvalue weighted by molar-refractivity contribution is 5.82. The number of benzene rings is 2. The Bertz CT molecular complexity index is 1350. The number of aromatic nitrogens is 3. The van der Waals surface area contributed by atoms with Crippen molar-refractivity contribution in [2.45, 2.75) is 24.7 Å². The third kappa shape index (κ3) is 4.72. The number of amides is 1. The SMILES string of the molecule is O=C(NC1CCOC1)[C@@H](O)c1ccc(-c2noc(-c3onc(-c4ccccc4)c3C(F)(F)F)n2)cc1.